The van der Waals surface area contributed by atoms with E-state index in [1.165, 1.54) is 25.7 Å². The molecule has 1 heterocycles. The molecule has 1 aliphatic carbocycles. The molecule has 1 saturated carbocycles. The Morgan fingerprint density at radius 3 is 2.70 bits per heavy atom. The first-order valence-electron chi connectivity index (χ1n) is 7.99. The zero-order valence-corrected chi connectivity index (χ0v) is 12.4. The number of ether oxygens (including phenoxy) is 1. The Kier molecular flexibility index (Phi) is 6.76. The number of carbonyl (C=O) groups excluding carboxylic acids is 1. The van der Waals surface area contributed by atoms with E-state index in [-0.39, 0.29) is 5.91 Å². The fraction of sp³-hybridized carbons (Fsp3) is 0.933. The first kappa shape index (κ1) is 15.7. The number of amides is 1. The smallest absolute Gasteiger partial charge is 0.220 e. The van der Waals surface area contributed by atoms with Gasteiger partial charge in [-0.15, -0.1) is 0 Å². The van der Waals surface area contributed by atoms with Crippen LogP contribution in [0, 0.1) is 5.92 Å². The van der Waals surface area contributed by atoms with E-state index in [1.54, 1.807) is 0 Å². The highest BCUT2D eigenvalue weighted by atomic mass is 16.5. The zero-order chi connectivity index (χ0) is 14.2. The van der Waals surface area contributed by atoms with E-state index in [9.17, 15) is 9.90 Å². The van der Waals surface area contributed by atoms with Crippen molar-refractivity contribution >= 4 is 5.91 Å². The Hall–Kier alpha value is -0.650. The molecule has 1 unspecified atom stereocenters. The number of nitrogens with zero attached hydrogens (tertiary/aromatic N) is 1. The van der Waals surface area contributed by atoms with Gasteiger partial charge in [-0.05, 0) is 12.3 Å². The predicted octanol–water partition coefficient (Wildman–Crippen LogP) is 0.766. The van der Waals surface area contributed by atoms with E-state index < -0.39 is 6.10 Å². The standard InChI is InChI=1S/C15H28N2O3/c18-14(12-17-7-9-20-10-8-17)11-16-15(19)6-5-13-3-1-2-4-13/h13-14,18H,1-12H2,(H,16,19). The summed E-state index contributed by atoms with van der Waals surface area (Å²) < 4.78 is 5.27. The Bertz CT molecular complexity index is 287. The minimum Gasteiger partial charge on any atom is -0.390 e. The van der Waals surface area contributed by atoms with Gasteiger partial charge in [0.25, 0.3) is 0 Å². The molecule has 0 aromatic carbocycles. The molecular formula is C15H28N2O3. The summed E-state index contributed by atoms with van der Waals surface area (Å²) in [6.07, 6.45) is 6.35. The normalized spacial score (nSPS) is 22.9. The molecule has 2 aliphatic rings. The van der Waals surface area contributed by atoms with Gasteiger partial charge in [-0.25, -0.2) is 0 Å². The lowest BCUT2D eigenvalue weighted by Crippen LogP contribution is -2.44. The van der Waals surface area contributed by atoms with Gasteiger partial charge >= 0.3 is 0 Å². The molecule has 0 aromatic heterocycles. The highest BCUT2D eigenvalue weighted by molar-refractivity contribution is 5.75. The van der Waals surface area contributed by atoms with E-state index >= 15 is 0 Å². The first-order valence-corrected chi connectivity index (χ1v) is 7.99. The lowest BCUT2D eigenvalue weighted by atomic mass is 10.0. The highest BCUT2D eigenvalue weighted by Gasteiger charge is 2.17. The second-order valence-corrected chi connectivity index (χ2v) is 6.06. The monoisotopic (exact) mass is 284 g/mol. The van der Waals surface area contributed by atoms with Gasteiger partial charge in [0.15, 0.2) is 0 Å². The molecule has 20 heavy (non-hydrogen) atoms. The van der Waals surface area contributed by atoms with Crippen molar-refractivity contribution in [2.45, 2.75) is 44.6 Å². The van der Waals surface area contributed by atoms with Crippen LogP contribution in [0.25, 0.3) is 0 Å². The molecule has 5 nitrogen and oxygen atoms in total. The maximum absolute atomic E-state index is 11.7. The zero-order valence-electron chi connectivity index (χ0n) is 12.4. The molecule has 0 radical (unpaired) electrons. The number of morpholine rings is 1. The van der Waals surface area contributed by atoms with Crippen LogP contribution >= 0.6 is 0 Å². The Morgan fingerprint density at radius 2 is 2.00 bits per heavy atom. The Labute approximate surface area is 121 Å². The molecular weight excluding hydrogens is 256 g/mol. The number of carbonyl (C=O) groups is 1. The predicted molar refractivity (Wildman–Crippen MR) is 77.5 cm³/mol. The summed E-state index contributed by atoms with van der Waals surface area (Å²) in [5.74, 6) is 0.831. The van der Waals surface area contributed by atoms with Crippen molar-refractivity contribution in [3.8, 4) is 0 Å². The summed E-state index contributed by atoms with van der Waals surface area (Å²) >= 11 is 0. The summed E-state index contributed by atoms with van der Waals surface area (Å²) in [4.78, 5) is 13.9. The van der Waals surface area contributed by atoms with E-state index in [2.05, 4.69) is 10.2 Å². The van der Waals surface area contributed by atoms with Crippen LogP contribution in [0.4, 0.5) is 0 Å². The molecule has 2 N–H and O–H groups in total. The van der Waals surface area contributed by atoms with Crippen LogP contribution in [0.15, 0.2) is 0 Å². The average Bonchev–Trinajstić information content (AvgIpc) is 2.97. The minimum absolute atomic E-state index is 0.0814. The van der Waals surface area contributed by atoms with Gasteiger partial charge in [0.05, 0.1) is 19.3 Å². The molecule has 2 fully saturated rings. The lowest BCUT2D eigenvalue weighted by molar-refractivity contribution is -0.122. The number of aliphatic hydroxyl groups excluding tert-OH is 1. The molecule has 2 rings (SSSR count). The summed E-state index contributed by atoms with van der Waals surface area (Å²) in [7, 11) is 0. The van der Waals surface area contributed by atoms with Crippen molar-refractivity contribution in [1.29, 1.82) is 0 Å². The molecule has 0 bridgehead atoms. The van der Waals surface area contributed by atoms with Crippen LogP contribution in [0.3, 0.4) is 0 Å². The quantitative estimate of drug-likeness (QED) is 0.725. The van der Waals surface area contributed by atoms with Gasteiger partial charge in [-0.1, -0.05) is 25.7 Å². The molecule has 1 amide bonds. The minimum atomic E-state index is -0.483. The van der Waals surface area contributed by atoms with E-state index in [4.69, 9.17) is 4.74 Å². The largest absolute Gasteiger partial charge is 0.390 e. The number of rotatable bonds is 7. The Morgan fingerprint density at radius 1 is 1.30 bits per heavy atom. The summed E-state index contributed by atoms with van der Waals surface area (Å²) in [5, 5.41) is 12.8. The van der Waals surface area contributed by atoms with Crippen LogP contribution in [-0.2, 0) is 9.53 Å². The van der Waals surface area contributed by atoms with E-state index in [1.807, 2.05) is 0 Å². The van der Waals surface area contributed by atoms with Crippen molar-refractivity contribution in [3.63, 3.8) is 0 Å². The number of β-amino-alcohol motifs (C(OH)–C–C–N with tert-alkyl or cyclic N) is 1. The number of aliphatic hydroxyl groups is 1. The Balaban J connectivity index is 1.52. The van der Waals surface area contributed by atoms with Gasteiger partial charge in [-0.3, -0.25) is 9.69 Å². The number of hydrogen-bond acceptors (Lipinski definition) is 4. The van der Waals surface area contributed by atoms with Gasteiger partial charge < -0.3 is 15.2 Å². The lowest BCUT2D eigenvalue weighted by Gasteiger charge is -2.28. The molecule has 5 heteroatoms. The van der Waals surface area contributed by atoms with Crippen molar-refractivity contribution in [1.82, 2.24) is 10.2 Å². The van der Waals surface area contributed by atoms with Crippen LogP contribution in [0.1, 0.15) is 38.5 Å². The SMILES string of the molecule is O=C(CCC1CCCC1)NCC(O)CN1CCOCC1. The van der Waals surface area contributed by atoms with Crippen molar-refractivity contribution in [2.75, 3.05) is 39.4 Å². The van der Waals surface area contributed by atoms with Gasteiger partial charge in [0, 0.05) is 32.6 Å². The second-order valence-electron chi connectivity index (χ2n) is 6.06. The van der Waals surface area contributed by atoms with Crippen molar-refractivity contribution in [3.05, 3.63) is 0 Å². The van der Waals surface area contributed by atoms with Crippen LogP contribution in [0.5, 0.6) is 0 Å². The van der Waals surface area contributed by atoms with Gasteiger partial charge in [0.1, 0.15) is 0 Å². The third-order valence-corrected chi connectivity index (χ3v) is 4.36. The first-order chi connectivity index (χ1) is 9.74. The summed E-state index contributed by atoms with van der Waals surface area (Å²) in [6, 6.07) is 0. The number of nitrogens with one attached hydrogen (secondary N) is 1. The van der Waals surface area contributed by atoms with Crippen LogP contribution in [0.2, 0.25) is 0 Å². The molecule has 0 spiro atoms. The van der Waals surface area contributed by atoms with Crippen molar-refractivity contribution < 1.29 is 14.6 Å². The third-order valence-electron chi connectivity index (χ3n) is 4.36. The van der Waals surface area contributed by atoms with Crippen molar-refractivity contribution in [2.24, 2.45) is 5.92 Å². The highest BCUT2D eigenvalue weighted by Crippen LogP contribution is 2.28. The van der Waals surface area contributed by atoms with Crippen LogP contribution < -0.4 is 5.32 Å². The maximum Gasteiger partial charge on any atom is 0.220 e. The molecule has 1 saturated heterocycles. The average molecular weight is 284 g/mol. The molecule has 0 aromatic rings. The molecule has 116 valence electrons. The summed E-state index contributed by atoms with van der Waals surface area (Å²) in [6.45, 7) is 4.19. The number of hydrogen-bond donors (Lipinski definition) is 2. The van der Waals surface area contributed by atoms with Gasteiger partial charge in [-0.2, -0.15) is 0 Å². The topological polar surface area (TPSA) is 61.8 Å². The fourth-order valence-electron chi connectivity index (χ4n) is 3.10. The van der Waals surface area contributed by atoms with E-state index in [0.29, 0.717) is 19.5 Å². The molecule has 1 aliphatic heterocycles. The van der Waals surface area contributed by atoms with E-state index in [0.717, 1.165) is 38.6 Å². The summed E-state index contributed by atoms with van der Waals surface area (Å²) in [5.41, 5.74) is 0. The van der Waals surface area contributed by atoms with Crippen LogP contribution in [-0.4, -0.2) is 61.4 Å². The second kappa shape index (κ2) is 8.60. The maximum atomic E-state index is 11.7. The third kappa shape index (κ3) is 5.77. The van der Waals surface area contributed by atoms with Gasteiger partial charge in [0.2, 0.25) is 5.91 Å². The molecule has 1 atom stereocenters. The fourth-order valence-corrected chi connectivity index (χ4v) is 3.10.